The fourth-order valence-electron chi connectivity index (χ4n) is 3.75. The van der Waals surface area contributed by atoms with Crippen molar-refractivity contribution in [1.29, 1.82) is 0 Å². The highest BCUT2D eigenvalue weighted by Gasteiger charge is 2.24. The van der Waals surface area contributed by atoms with Gasteiger partial charge in [-0.15, -0.1) is 10.2 Å². The maximum absolute atomic E-state index is 13.2. The molecule has 1 aliphatic rings. The van der Waals surface area contributed by atoms with Crippen LogP contribution in [0.5, 0.6) is 0 Å². The zero-order valence-electron chi connectivity index (χ0n) is 14.9. The molecule has 27 heavy (non-hydrogen) atoms. The number of likely N-dealkylation sites (tertiary alicyclic amines) is 1. The number of benzene rings is 2. The summed E-state index contributed by atoms with van der Waals surface area (Å²) < 4.78 is 1.70. The largest absolute Gasteiger partial charge is 0.337 e. The molecular formula is C21H19N5O. The van der Waals surface area contributed by atoms with E-state index < -0.39 is 0 Å². The number of hydrogen-bond acceptors (Lipinski definition) is 4. The van der Waals surface area contributed by atoms with Gasteiger partial charge in [-0.05, 0) is 19.3 Å². The predicted octanol–water partition coefficient (Wildman–Crippen LogP) is 3.57. The van der Waals surface area contributed by atoms with Gasteiger partial charge in [-0.1, -0.05) is 54.6 Å². The van der Waals surface area contributed by atoms with Crippen molar-refractivity contribution in [2.24, 2.45) is 0 Å². The Kier molecular flexibility index (Phi) is 3.81. The Morgan fingerprint density at radius 2 is 1.52 bits per heavy atom. The normalized spacial score (nSPS) is 14.7. The number of rotatable bonds is 2. The van der Waals surface area contributed by atoms with Crippen LogP contribution in [0.25, 0.3) is 27.8 Å². The molecule has 1 aliphatic heterocycles. The summed E-state index contributed by atoms with van der Waals surface area (Å²) in [7, 11) is 0. The molecule has 0 spiro atoms. The van der Waals surface area contributed by atoms with E-state index in [1.807, 2.05) is 59.5 Å². The number of amides is 1. The van der Waals surface area contributed by atoms with Crippen LogP contribution in [0.4, 0.5) is 0 Å². The minimum Gasteiger partial charge on any atom is -0.337 e. The lowest BCUT2D eigenvalue weighted by molar-refractivity contribution is 0.0719. The zero-order chi connectivity index (χ0) is 18.2. The van der Waals surface area contributed by atoms with Crippen LogP contribution in [-0.4, -0.2) is 43.7 Å². The van der Waals surface area contributed by atoms with Crippen molar-refractivity contribution < 1.29 is 4.79 Å². The molecule has 0 atom stereocenters. The summed E-state index contributed by atoms with van der Waals surface area (Å²) in [5.41, 5.74) is 2.06. The fraction of sp³-hybridized carbons (Fsp3) is 0.238. The molecule has 0 radical (unpaired) electrons. The monoisotopic (exact) mass is 357 g/mol. The molecule has 0 saturated carbocycles. The van der Waals surface area contributed by atoms with E-state index in [0.717, 1.165) is 42.3 Å². The van der Waals surface area contributed by atoms with Gasteiger partial charge in [-0.2, -0.15) is 9.61 Å². The van der Waals surface area contributed by atoms with Gasteiger partial charge in [0.2, 0.25) is 0 Å². The van der Waals surface area contributed by atoms with E-state index in [1.165, 1.54) is 6.42 Å². The molecule has 0 aliphatic carbocycles. The number of carbonyl (C=O) groups excluding carboxylic acids is 1. The minimum absolute atomic E-state index is 0.0134. The van der Waals surface area contributed by atoms with E-state index in [1.54, 1.807) is 4.52 Å². The summed E-state index contributed by atoms with van der Waals surface area (Å²) in [6, 6.07) is 17.6. The second-order valence-corrected chi connectivity index (χ2v) is 6.87. The number of piperidine rings is 1. The molecule has 2 aromatic heterocycles. The molecule has 0 N–H and O–H groups in total. The molecule has 134 valence electrons. The first kappa shape index (κ1) is 15.9. The molecule has 6 nitrogen and oxygen atoms in total. The molecule has 1 fully saturated rings. The lowest BCUT2D eigenvalue weighted by Crippen LogP contribution is -2.36. The lowest BCUT2D eigenvalue weighted by atomic mass is 10.1. The van der Waals surface area contributed by atoms with Crippen LogP contribution in [0.3, 0.4) is 0 Å². The summed E-state index contributed by atoms with van der Waals surface area (Å²) >= 11 is 0. The standard InChI is InChI=1S/C21H19N5O/c27-21(25-13-7-2-8-14-25)18-16-11-5-6-12-17(16)20-23-22-19(26(20)24-18)15-9-3-1-4-10-15/h1,3-6,9-12H,2,7-8,13-14H2. The van der Waals surface area contributed by atoms with Crippen LogP contribution >= 0.6 is 0 Å². The first-order chi connectivity index (χ1) is 13.3. The summed E-state index contributed by atoms with van der Waals surface area (Å²) in [5, 5.41) is 15.1. The first-order valence-electron chi connectivity index (χ1n) is 9.32. The number of nitrogens with zero attached hydrogens (tertiary/aromatic N) is 5. The van der Waals surface area contributed by atoms with Crippen molar-refractivity contribution in [3.8, 4) is 11.4 Å². The highest BCUT2D eigenvalue weighted by atomic mass is 16.2. The zero-order valence-corrected chi connectivity index (χ0v) is 14.9. The van der Waals surface area contributed by atoms with E-state index in [9.17, 15) is 4.79 Å². The van der Waals surface area contributed by atoms with Crippen molar-refractivity contribution in [2.45, 2.75) is 19.3 Å². The van der Waals surface area contributed by atoms with Gasteiger partial charge < -0.3 is 4.90 Å². The molecule has 0 bridgehead atoms. The third-order valence-electron chi connectivity index (χ3n) is 5.14. The van der Waals surface area contributed by atoms with E-state index >= 15 is 0 Å². The molecule has 6 heteroatoms. The molecular weight excluding hydrogens is 338 g/mol. The third kappa shape index (κ3) is 2.65. The Morgan fingerprint density at radius 3 is 2.30 bits per heavy atom. The van der Waals surface area contributed by atoms with Gasteiger partial charge in [0.1, 0.15) is 0 Å². The van der Waals surface area contributed by atoms with Crippen LogP contribution in [0, 0.1) is 0 Å². The van der Waals surface area contributed by atoms with Gasteiger partial charge >= 0.3 is 0 Å². The Bertz CT molecular complexity index is 1130. The third-order valence-corrected chi connectivity index (χ3v) is 5.14. The number of aromatic nitrogens is 4. The van der Waals surface area contributed by atoms with Crippen LogP contribution < -0.4 is 0 Å². The van der Waals surface area contributed by atoms with E-state index in [2.05, 4.69) is 10.2 Å². The van der Waals surface area contributed by atoms with E-state index in [0.29, 0.717) is 17.2 Å². The molecule has 3 heterocycles. The van der Waals surface area contributed by atoms with E-state index in [-0.39, 0.29) is 5.91 Å². The van der Waals surface area contributed by atoms with Crippen LogP contribution in [0.15, 0.2) is 54.6 Å². The van der Waals surface area contributed by atoms with Crippen molar-refractivity contribution >= 4 is 22.3 Å². The fourth-order valence-corrected chi connectivity index (χ4v) is 3.75. The number of fused-ring (bicyclic) bond motifs is 3. The topological polar surface area (TPSA) is 63.4 Å². The molecule has 2 aromatic carbocycles. The van der Waals surface area contributed by atoms with Gasteiger partial charge in [0, 0.05) is 29.4 Å². The van der Waals surface area contributed by atoms with Gasteiger partial charge in [0.15, 0.2) is 17.2 Å². The van der Waals surface area contributed by atoms with Gasteiger partial charge in [0.05, 0.1) is 0 Å². The number of carbonyl (C=O) groups is 1. The second-order valence-electron chi connectivity index (χ2n) is 6.87. The summed E-state index contributed by atoms with van der Waals surface area (Å²) in [5.74, 6) is 0.629. The van der Waals surface area contributed by atoms with Crippen molar-refractivity contribution in [3.63, 3.8) is 0 Å². The maximum atomic E-state index is 13.2. The average Bonchev–Trinajstić information content (AvgIpc) is 3.18. The Labute approximate surface area is 156 Å². The highest BCUT2D eigenvalue weighted by Crippen LogP contribution is 2.26. The van der Waals surface area contributed by atoms with Gasteiger partial charge in [-0.25, -0.2) is 0 Å². The molecule has 4 aromatic rings. The average molecular weight is 357 g/mol. The smallest absolute Gasteiger partial charge is 0.274 e. The molecule has 1 saturated heterocycles. The second kappa shape index (κ2) is 6.46. The molecule has 0 unspecified atom stereocenters. The van der Waals surface area contributed by atoms with Crippen molar-refractivity contribution in [2.75, 3.05) is 13.1 Å². The molecule has 5 rings (SSSR count). The minimum atomic E-state index is -0.0134. The summed E-state index contributed by atoms with van der Waals surface area (Å²) in [6.07, 6.45) is 3.28. The molecule has 1 amide bonds. The highest BCUT2D eigenvalue weighted by molar-refractivity contribution is 6.08. The van der Waals surface area contributed by atoms with Gasteiger partial charge in [-0.3, -0.25) is 4.79 Å². The number of hydrogen-bond donors (Lipinski definition) is 0. The quantitative estimate of drug-likeness (QED) is 0.550. The van der Waals surface area contributed by atoms with Crippen LogP contribution in [0.2, 0.25) is 0 Å². The van der Waals surface area contributed by atoms with Crippen LogP contribution in [0.1, 0.15) is 29.8 Å². The lowest BCUT2D eigenvalue weighted by Gasteiger charge is -2.26. The maximum Gasteiger partial charge on any atom is 0.274 e. The summed E-state index contributed by atoms with van der Waals surface area (Å²) in [6.45, 7) is 1.58. The van der Waals surface area contributed by atoms with Crippen molar-refractivity contribution in [3.05, 3.63) is 60.3 Å². The van der Waals surface area contributed by atoms with E-state index in [4.69, 9.17) is 5.10 Å². The first-order valence-corrected chi connectivity index (χ1v) is 9.32. The Morgan fingerprint density at radius 1 is 0.815 bits per heavy atom. The SMILES string of the molecule is O=C(c1nn2c(-c3ccccc3)nnc2c2ccccc12)N1CCCCC1. The van der Waals surface area contributed by atoms with Gasteiger partial charge in [0.25, 0.3) is 5.91 Å². The van der Waals surface area contributed by atoms with Crippen LogP contribution in [-0.2, 0) is 0 Å². The Balaban J connectivity index is 1.75. The van der Waals surface area contributed by atoms with Crippen molar-refractivity contribution in [1.82, 2.24) is 24.7 Å². The predicted molar refractivity (Wildman–Crippen MR) is 103 cm³/mol. The summed E-state index contributed by atoms with van der Waals surface area (Å²) in [4.78, 5) is 15.1. The Hall–Kier alpha value is -3.28.